The van der Waals surface area contributed by atoms with E-state index in [-0.39, 0.29) is 11.9 Å². The first kappa shape index (κ1) is 9.40. The van der Waals surface area contributed by atoms with E-state index in [1.165, 1.54) is 0 Å². The number of rotatable bonds is 5. The zero-order valence-corrected chi connectivity index (χ0v) is 7.77. The molecule has 4 atom stereocenters. The van der Waals surface area contributed by atoms with Gasteiger partial charge in [0, 0.05) is 6.42 Å². The fraction of sp³-hybridized carbons (Fsp3) is 1.00. The van der Waals surface area contributed by atoms with Gasteiger partial charge in [-0.15, -0.1) is 0 Å². The van der Waals surface area contributed by atoms with Crippen LogP contribution in [0.4, 0.5) is 0 Å². The third-order valence-corrected chi connectivity index (χ3v) is 2.69. The molecule has 0 aliphatic carbocycles. The van der Waals surface area contributed by atoms with Crippen molar-refractivity contribution in [3.8, 4) is 0 Å². The van der Waals surface area contributed by atoms with Crippen LogP contribution in [0.25, 0.3) is 0 Å². The van der Waals surface area contributed by atoms with Gasteiger partial charge in [-0.3, -0.25) is 0 Å². The molecule has 4 unspecified atom stereocenters. The number of hydrogen-bond acceptors (Lipinski definition) is 4. The molecular formula is C9H16O4. The molecule has 2 aliphatic rings. The van der Waals surface area contributed by atoms with Crippen molar-refractivity contribution in [2.45, 2.75) is 50.3 Å². The van der Waals surface area contributed by atoms with Crippen LogP contribution in [0.2, 0.25) is 0 Å². The molecule has 2 heterocycles. The lowest BCUT2D eigenvalue weighted by atomic mass is 10.0. The van der Waals surface area contributed by atoms with E-state index in [0.717, 1.165) is 6.42 Å². The molecule has 2 saturated heterocycles. The second kappa shape index (κ2) is 3.20. The normalized spacial score (nSPS) is 40.4. The third kappa shape index (κ3) is 1.86. The van der Waals surface area contributed by atoms with Crippen molar-refractivity contribution in [1.82, 2.24) is 0 Å². The summed E-state index contributed by atoms with van der Waals surface area (Å²) in [4.78, 5) is 0. The van der Waals surface area contributed by atoms with Crippen molar-refractivity contribution in [3.05, 3.63) is 0 Å². The second-order valence-electron chi connectivity index (χ2n) is 3.87. The molecule has 4 heteroatoms. The summed E-state index contributed by atoms with van der Waals surface area (Å²) >= 11 is 0. The molecule has 1 spiro atoms. The molecule has 2 fully saturated rings. The average molecular weight is 188 g/mol. The lowest BCUT2D eigenvalue weighted by Crippen LogP contribution is -2.27. The minimum Gasteiger partial charge on any atom is -0.390 e. The minimum absolute atomic E-state index is 0.00834. The van der Waals surface area contributed by atoms with Gasteiger partial charge in [0.05, 0.1) is 12.2 Å². The Morgan fingerprint density at radius 3 is 2.62 bits per heavy atom. The maximum atomic E-state index is 9.53. The van der Waals surface area contributed by atoms with E-state index < -0.39 is 12.2 Å². The maximum absolute atomic E-state index is 9.53. The van der Waals surface area contributed by atoms with Crippen molar-refractivity contribution >= 4 is 0 Å². The van der Waals surface area contributed by atoms with Crippen molar-refractivity contribution in [1.29, 1.82) is 0 Å². The number of aliphatic hydroxyl groups excluding tert-OH is 2. The molecular weight excluding hydrogens is 172 g/mol. The summed E-state index contributed by atoms with van der Waals surface area (Å²) in [7, 11) is 0. The first-order valence-corrected chi connectivity index (χ1v) is 4.86. The zero-order chi connectivity index (χ0) is 9.47. The van der Waals surface area contributed by atoms with Gasteiger partial charge in [0.25, 0.3) is 0 Å². The van der Waals surface area contributed by atoms with Crippen molar-refractivity contribution in [3.63, 3.8) is 0 Å². The van der Waals surface area contributed by atoms with E-state index in [9.17, 15) is 10.2 Å². The molecule has 2 N–H and O–H groups in total. The lowest BCUT2D eigenvalue weighted by molar-refractivity contribution is 0.00556. The summed E-state index contributed by atoms with van der Waals surface area (Å²) < 4.78 is 10.3. The second-order valence-corrected chi connectivity index (χ2v) is 3.87. The van der Waals surface area contributed by atoms with Crippen LogP contribution in [0.5, 0.6) is 0 Å². The van der Waals surface area contributed by atoms with Crippen molar-refractivity contribution in [2.24, 2.45) is 0 Å². The highest BCUT2D eigenvalue weighted by molar-refractivity contribution is 5.05. The van der Waals surface area contributed by atoms with Gasteiger partial charge >= 0.3 is 0 Å². The van der Waals surface area contributed by atoms with Crippen LogP contribution < -0.4 is 0 Å². The largest absolute Gasteiger partial charge is 0.390 e. The number of ether oxygens (including phenoxy) is 2. The molecule has 13 heavy (non-hydrogen) atoms. The fourth-order valence-electron chi connectivity index (χ4n) is 1.62. The summed E-state index contributed by atoms with van der Waals surface area (Å²) in [6.45, 7) is 2.63. The van der Waals surface area contributed by atoms with Gasteiger partial charge in [-0.25, -0.2) is 0 Å². The Balaban J connectivity index is 1.69. The molecule has 0 amide bonds. The van der Waals surface area contributed by atoms with Crippen LogP contribution >= 0.6 is 0 Å². The summed E-state index contributed by atoms with van der Waals surface area (Å²) in [6.07, 6.45) is 0.724. The van der Waals surface area contributed by atoms with Gasteiger partial charge in [0.1, 0.15) is 12.7 Å². The molecule has 2 rings (SSSR count). The Hall–Kier alpha value is -0.160. The first-order valence-electron chi connectivity index (χ1n) is 4.86. The van der Waals surface area contributed by atoms with Gasteiger partial charge in [-0.05, 0) is 6.42 Å². The van der Waals surface area contributed by atoms with Crippen LogP contribution in [-0.2, 0) is 9.47 Å². The van der Waals surface area contributed by atoms with Crippen LogP contribution in [0.3, 0.4) is 0 Å². The quantitative estimate of drug-likeness (QED) is 0.597. The van der Waals surface area contributed by atoms with Crippen LogP contribution in [0.1, 0.15) is 26.2 Å². The predicted molar refractivity (Wildman–Crippen MR) is 45.1 cm³/mol. The molecule has 0 aromatic heterocycles. The van der Waals surface area contributed by atoms with Crippen LogP contribution in [-0.4, -0.2) is 40.9 Å². The Morgan fingerprint density at radius 1 is 1.46 bits per heavy atom. The summed E-state index contributed by atoms with van der Waals surface area (Å²) in [5.41, 5.74) is 0. The van der Waals surface area contributed by atoms with Crippen molar-refractivity contribution < 1.29 is 19.7 Å². The zero-order valence-electron chi connectivity index (χ0n) is 7.77. The third-order valence-electron chi connectivity index (χ3n) is 2.69. The Morgan fingerprint density at radius 2 is 2.15 bits per heavy atom. The highest BCUT2D eigenvalue weighted by atomic mass is 16.9. The van der Waals surface area contributed by atoms with Crippen LogP contribution in [0.15, 0.2) is 0 Å². The molecule has 4 nitrogen and oxygen atoms in total. The Bertz CT molecular complexity index is 190. The molecule has 0 aromatic rings. The van der Waals surface area contributed by atoms with Crippen molar-refractivity contribution in [2.75, 3.05) is 6.61 Å². The van der Waals surface area contributed by atoms with Gasteiger partial charge in [0.2, 0.25) is 5.79 Å². The van der Waals surface area contributed by atoms with Gasteiger partial charge < -0.3 is 19.7 Å². The molecule has 0 saturated carbocycles. The highest BCUT2D eigenvalue weighted by Gasteiger charge is 2.69. The van der Waals surface area contributed by atoms with E-state index in [0.29, 0.717) is 19.4 Å². The maximum Gasteiger partial charge on any atom is 0.220 e. The minimum atomic E-state index is -0.673. The SMILES string of the molecule is CCCC(O)C(O)CC1OC12CO2. The Labute approximate surface area is 77.5 Å². The van der Waals surface area contributed by atoms with Gasteiger partial charge in [-0.1, -0.05) is 13.3 Å². The van der Waals surface area contributed by atoms with Crippen LogP contribution in [0, 0.1) is 0 Å². The summed E-state index contributed by atoms with van der Waals surface area (Å²) in [6, 6.07) is 0. The average Bonchev–Trinajstić information content (AvgIpc) is 2.96. The van der Waals surface area contributed by atoms with E-state index in [1.54, 1.807) is 0 Å². The predicted octanol–water partition coefficient (Wildman–Crippen LogP) is 0.0237. The molecule has 0 radical (unpaired) electrons. The molecule has 0 bridgehead atoms. The topological polar surface area (TPSA) is 65.5 Å². The molecule has 76 valence electrons. The lowest BCUT2D eigenvalue weighted by Gasteiger charge is -2.15. The molecule has 0 aromatic carbocycles. The van der Waals surface area contributed by atoms with E-state index >= 15 is 0 Å². The first-order chi connectivity index (χ1) is 6.18. The van der Waals surface area contributed by atoms with E-state index in [1.807, 2.05) is 6.92 Å². The smallest absolute Gasteiger partial charge is 0.220 e. The standard InChI is InChI=1S/C9H16O4/c1-2-3-6(10)7(11)4-8-9(13-8)5-12-9/h6-8,10-11H,2-5H2,1H3. The molecule has 2 aliphatic heterocycles. The summed E-state index contributed by atoms with van der Waals surface area (Å²) in [5.74, 6) is -0.340. The van der Waals surface area contributed by atoms with Gasteiger partial charge in [-0.2, -0.15) is 0 Å². The van der Waals surface area contributed by atoms with Gasteiger partial charge in [0.15, 0.2) is 0 Å². The van der Waals surface area contributed by atoms with E-state index in [4.69, 9.17) is 9.47 Å². The fourth-order valence-corrected chi connectivity index (χ4v) is 1.62. The summed E-state index contributed by atoms with van der Waals surface area (Å²) in [5, 5.41) is 19.0. The number of epoxide rings is 2. The Kier molecular flexibility index (Phi) is 2.32. The monoisotopic (exact) mass is 188 g/mol. The van der Waals surface area contributed by atoms with E-state index in [2.05, 4.69) is 0 Å². The highest BCUT2D eigenvalue weighted by Crippen LogP contribution is 2.51. The number of aliphatic hydroxyl groups is 2. The number of hydrogen-bond donors (Lipinski definition) is 2.